The molecule has 1 N–H and O–H groups in total. The molecule has 0 aromatic carbocycles. The Balaban J connectivity index is 3.72. The zero-order valence-corrected chi connectivity index (χ0v) is 8.71. The molecule has 13 heavy (non-hydrogen) atoms. The van der Waals surface area contributed by atoms with Crippen molar-refractivity contribution in [1.82, 2.24) is 0 Å². The van der Waals surface area contributed by atoms with Crippen LogP contribution in [0.1, 0.15) is 39.0 Å². The van der Waals surface area contributed by atoms with E-state index in [0.29, 0.717) is 0 Å². The summed E-state index contributed by atoms with van der Waals surface area (Å²) in [6.07, 6.45) is 8.67. The van der Waals surface area contributed by atoms with Gasteiger partial charge in [-0.05, 0) is 25.7 Å². The maximum Gasteiger partial charge on any atom is 0.0602 e. The molecule has 1 nitrogen and oxygen atoms in total. The zero-order chi connectivity index (χ0) is 10.1. The first-order valence-corrected chi connectivity index (χ1v) is 5.17. The summed E-state index contributed by atoms with van der Waals surface area (Å²) in [7, 11) is 0. The van der Waals surface area contributed by atoms with Crippen molar-refractivity contribution in [2.45, 2.75) is 45.1 Å². The molecule has 0 bridgehead atoms. The molecule has 0 radical (unpaired) electrons. The van der Waals surface area contributed by atoms with Gasteiger partial charge in [0.2, 0.25) is 0 Å². The van der Waals surface area contributed by atoms with E-state index in [1.165, 1.54) is 0 Å². The van der Waals surface area contributed by atoms with Crippen molar-refractivity contribution in [3.63, 3.8) is 0 Å². The smallest absolute Gasteiger partial charge is 0.0602 e. The first-order valence-electron chi connectivity index (χ1n) is 5.17. The van der Waals surface area contributed by atoms with Crippen LogP contribution in [-0.4, -0.2) is 11.2 Å². The van der Waals surface area contributed by atoms with Gasteiger partial charge in [0.15, 0.2) is 0 Å². The van der Waals surface area contributed by atoms with Crippen LogP contribution in [0.5, 0.6) is 0 Å². The Labute approximate surface area is 82.2 Å². The van der Waals surface area contributed by atoms with Crippen LogP contribution < -0.4 is 0 Å². The fourth-order valence-electron chi connectivity index (χ4n) is 1.48. The lowest BCUT2D eigenvalue weighted by Gasteiger charge is -2.18. The van der Waals surface area contributed by atoms with E-state index in [2.05, 4.69) is 20.1 Å². The van der Waals surface area contributed by atoms with Crippen LogP contribution in [-0.2, 0) is 0 Å². The van der Waals surface area contributed by atoms with Gasteiger partial charge < -0.3 is 5.11 Å². The van der Waals surface area contributed by atoms with Gasteiger partial charge in [0.05, 0.1) is 6.10 Å². The summed E-state index contributed by atoms with van der Waals surface area (Å²) in [4.78, 5) is 0. The number of allylic oxidation sites excluding steroid dienone is 1. The van der Waals surface area contributed by atoms with Gasteiger partial charge in [0.25, 0.3) is 0 Å². The number of aliphatic hydroxyl groups excluding tert-OH is 1. The second kappa shape index (κ2) is 8.06. The Morgan fingerprint density at radius 3 is 2.46 bits per heavy atom. The molecule has 0 aromatic heterocycles. The Kier molecular flexibility index (Phi) is 7.71. The second-order valence-corrected chi connectivity index (χ2v) is 3.48. The highest BCUT2D eigenvalue weighted by atomic mass is 16.3. The van der Waals surface area contributed by atoms with Crippen molar-refractivity contribution in [2.75, 3.05) is 0 Å². The summed E-state index contributed by atoms with van der Waals surface area (Å²) in [5.41, 5.74) is 0. The molecule has 0 aliphatic heterocycles. The molecule has 0 spiro atoms. The van der Waals surface area contributed by atoms with Crippen LogP contribution in [0.4, 0.5) is 0 Å². The van der Waals surface area contributed by atoms with Crippen molar-refractivity contribution in [3.05, 3.63) is 25.3 Å². The Bertz CT molecular complexity index is 140. The summed E-state index contributed by atoms with van der Waals surface area (Å²) in [5, 5.41) is 9.71. The van der Waals surface area contributed by atoms with Gasteiger partial charge in [0.1, 0.15) is 0 Å². The predicted molar refractivity (Wildman–Crippen MR) is 58.6 cm³/mol. The molecule has 76 valence electrons. The quantitative estimate of drug-likeness (QED) is 0.451. The molecule has 0 saturated heterocycles. The molecular formula is C12H22O. The lowest BCUT2D eigenvalue weighted by Crippen LogP contribution is -2.17. The van der Waals surface area contributed by atoms with E-state index in [0.717, 1.165) is 32.1 Å². The van der Waals surface area contributed by atoms with Gasteiger partial charge >= 0.3 is 0 Å². The maximum atomic E-state index is 9.71. The lowest BCUT2D eigenvalue weighted by molar-refractivity contribution is 0.115. The van der Waals surface area contributed by atoms with Crippen molar-refractivity contribution < 1.29 is 5.11 Å². The maximum absolute atomic E-state index is 9.71. The molecule has 0 aliphatic carbocycles. The van der Waals surface area contributed by atoms with Crippen molar-refractivity contribution in [1.29, 1.82) is 0 Å². The molecule has 0 heterocycles. The summed E-state index contributed by atoms with van der Waals surface area (Å²) in [5.74, 6) is 0.264. The van der Waals surface area contributed by atoms with Gasteiger partial charge in [0, 0.05) is 5.92 Å². The van der Waals surface area contributed by atoms with E-state index in [-0.39, 0.29) is 12.0 Å². The molecule has 0 unspecified atom stereocenters. The molecule has 0 aromatic rings. The Morgan fingerprint density at radius 2 is 2.00 bits per heavy atom. The topological polar surface area (TPSA) is 20.2 Å². The highest BCUT2D eigenvalue weighted by molar-refractivity contribution is 4.85. The van der Waals surface area contributed by atoms with Crippen molar-refractivity contribution in [3.8, 4) is 0 Å². The minimum absolute atomic E-state index is 0.202. The second-order valence-electron chi connectivity index (χ2n) is 3.48. The molecule has 2 atom stereocenters. The monoisotopic (exact) mass is 182 g/mol. The van der Waals surface area contributed by atoms with E-state index in [4.69, 9.17) is 0 Å². The van der Waals surface area contributed by atoms with E-state index in [1.54, 1.807) is 0 Å². The molecule has 0 fully saturated rings. The van der Waals surface area contributed by atoms with Gasteiger partial charge in [-0.1, -0.05) is 25.5 Å². The molecule has 1 heteroatoms. The summed E-state index contributed by atoms with van der Waals surface area (Å²) in [6, 6.07) is 0. The van der Waals surface area contributed by atoms with Gasteiger partial charge in [-0.15, -0.1) is 13.2 Å². The third-order valence-electron chi connectivity index (χ3n) is 2.33. The Morgan fingerprint density at radius 1 is 1.31 bits per heavy atom. The van der Waals surface area contributed by atoms with E-state index in [1.807, 2.05) is 12.2 Å². The zero-order valence-electron chi connectivity index (χ0n) is 8.71. The van der Waals surface area contributed by atoms with Gasteiger partial charge in [-0.25, -0.2) is 0 Å². The lowest BCUT2D eigenvalue weighted by atomic mass is 9.93. The number of hydrogen-bond acceptors (Lipinski definition) is 1. The SMILES string of the molecule is C=CCCC[C@H](C=C)[C@H](O)CCC. The summed E-state index contributed by atoms with van der Waals surface area (Å²) < 4.78 is 0. The third-order valence-corrected chi connectivity index (χ3v) is 2.33. The van der Waals surface area contributed by atoms with E-state index in [9.17, 15) is 5.11 Å². The summed E-state index contributed by atoms with van der Waals surface area (Å²) >= 11 is 0. The number of hydrogen-bond donors (Lipinski definition) is 1. The molecule has 0 rings (SSSR count). The highest BCUT2D eigenvalue weighted by Gasteiger charge is 2.13. The molecular weight excluding hydrogens is 160 g/mol. The predicted octanol–water partition coefficient (Wildman–Crippen LogP) is 3.31. The first kappa shape index (κ1) is 12.4. The fraction of sp³-hybridized carbons (Fsp3) is 0.667. The average Bonchev–Trinajstić information content (AvgIpc) is 2.13. The summed E-state index contributed by atoms with van der Waals surface area (Å²) in [6.45, 7) is 9.52. The average molecular weight is 182 g/mol. The van der Waals surface area contributed by atoms with Crippen LogP contribution in [0, 0.1) is 5.92 Å². The molecule has 0 saturated carbocycles. The first-order chi connectivity index (χ1) is 6.26. The highest BCUT2D eigenvalue weighted by Crippen LogP contribution is 2.17. The number of rotatable bonds is 8. The van der Waals surface area contributed by atoms with Gasteiger partial charge in [-0.3, -0.25) is 0 Å². The minimum Gasteiger partial charge on any atom is -0.393 e. The number of aliphatic hydroxyl groups is 1. The van der Waals surface area contributed by atoms with Gasteiger partial charge in [-0.2, -0.15) is 0 Å². The van der Waals surface area contributed by atoms with Crippen LogP contribution in [0.2, 0.25) is 0 Å². The van der Waals surface area contributed by atoms with E-state index < -0.39 is 0 Å². The van der Waals surface area contributed by atoms with Crippen molar-refractivity contribution in [2.24, 2.45) is 5.92 Å². The largest absolute Gasteiger partial charge is 0.393 e. The Hall–Kier alpha value is -0.560. The van der Waals surface area contributed by atoms with Crippen molar-refractivity contribution >= 4 is 0 Å². The normalized spacial score (nSPS) is 14.9. The fourth-order valence-corrected chi connectivity index (χ4v) is 1.48. The van der Waals surface area contributed by atoms with Crippen LogP contribution in [0.25, 0.3) is 0 Å². The van der Waals surface area contributed by atoms with Crippen LogP contribution in [0.3, 0.4) is 0 Å². The van der Waals surface area contributed by atoms with Crippen LogP contribution >= 0.6 is 0 Å². The number of unbranched alkanes of at least 4 members (excludes halogenated alkanes) is 1. The standard InChI is InChI=1S/C12H22O/c1-4-7-8-10-11(6-3)12(13)9-5-2/h4,6,11-13H,1,3,5,7-10H2,2H3/t11-,12+/m0/s1. The third kappa shape index (κ3) is 5.64. The molecule has 0 amide bonds. The van der Waals surface area contributed by atoms with E-state index >= 15 is 0 Å². The molecule has 0 aliphatic rings. The van der Waals surface area contributed by atoms with Crippen LogP contribution in [0.15, 0.2) is 25.3 Å². The minimum atomic E-state index is -0.202.